The van der Waals surface area contributed by atoms with Gasteiger partial charge in [-0.1, -0.05) is 44.0 Å². The van der Waals surface area contributed by atoms with Gasteiger partial charge in [0.25, 0.3) is 0 Å². The predicted molar refractivity (Wildman–Crippen MR) is 97.3 cm³/mol. The molecule has 3 rings (SSSR count). The summed E-state index contributed by atoms with van der Waals surface area (Å²) in [7, 11) is 1.58. The van der Waals surface area contributed by atoms with Gasteiger partial charge >= 0.3 is 5.76 Å². The lowest BCUT2D eigenvalue weighted by molar-refractivity contribution is 0.0771. The Bertz CT molecular complexity index is 885. The second kappa shape index (κ2) is 7.00. The average Bonchev–Trinajstić information content (AvgIpc) is 3.12. The highest BCUT2D eigenvalue weighted by molar-refractivity contribution is 6.31. The number of benzene rings is 1. The molecule has 1 saturated heterocycles. The summed E-state index contributed by atoms with van der Waals surface area (Å²) < 4.78 is 31.8. The SMILES string of the molecule is COC1COCC1c1cc(-n2c(Cl)c(C(C)(C)C)oc2=O)c(F)cc1Cl. The molecule has 0 aliphatic carbocycles. The molecule has 2 atom stereocenters. The van der Waals surface area contributed by atoms with Gasteiger partial charge in [0.15, 0.2) is 10.9 Å². The number of aromatic nitrogens is 1. The molecule has 0 saturated carbocycles. The van der Waals surface area contributed by atoms with Gasteiger partial charge < -0.3 is 13.9 Å². The summed E-state index contributed by atoms with van der Waals surface area (Å²) in [5, 5.41) is 0.285. The summed E-state index contributed by atoms with van der Waals surface area (Å²) in [5.41, 5.74) is 0.113. The topological polar surface area (TPSA) is 53.6 Å². The fourth-order valence-corrected chi connectivity index (χ4v) is 3.86. The van der Waals surface area contributed by atoms with Gasteiger partial charge in [0.2, 0.25) is 0 Å². The molecule has 1 aromatic heterocycles. The van der Waals surface area contributed by atoms with Crippen molar-refractivity contribution in [3.05, 3.63) is 50.0 Å². The first kappa shape index (κ1) is 19.4. The zero-order valence-electron chi connectivity index (χ0n) is 14.9. The Labute approximate surface area is 160 Å². The largest absolute Gasteiger partial charge is 0.425 e. The molecule has 2 heterocycles. The van der Waals surface area contributed by atoms with Gasteiger partial charge in [-0.05, 0) is 17.7 Å². The van der Waals surface area contributed by atoms with Crippen LogP contribution in [0.25, 0.3) is 5.69 Å². The van der Waals surface area contributed by atoms with Crippen LogP contribution in [0.5, 0.6) is 0 Å². The number of nitrogens with zero attached hydrogens (tertiary/aromatic N) is 1. The highest BCUT2D eigenvalue weighted by atomic mass is 35.5. The minimum absolute atomic E-state index is 0.0135. The monoisotopic (exact) mass is 403 g/mol. The van der Waals surface area contributed by atoms with E-state index in [1.807, 2.05) is 20.8 Å². The van der Waals surface area contributed by atoms with Crippen molar-refractivity contribution in [3.8, 4) is 5.69 Å². The molecule has 0 spiro atoms. The maximum absolute atomic E-state index is 14.6. The molecular formula is C18H20Cl2FNO4. The molecule has 1 aliphatic rings. The van der Waals surface area contributed by atoms with Crippen LogP contribution in [-0.2, 0) is 14.9 Å². The molecule has 8 heteroatoms. The molecule has 5 nitrogen and oxygen atoms in total. The zero-order chi connectivity index (χ0) is 19.2. The number of hydrogen-bond acceptors (Lipinski definition) is 4. The lowest BCUT2D eigenvalue weighted by atomic mass is 9.94. The molecule has 2 unspecified atom stereocenters. The first-order chi connectivity index (χ1) is 12.1. The summed E-state index contributed by atoms with van der Waals surface area (Å²) >= 11 is 12.6. The van der Waals surface area contributed by atoms with Crippen LogP contribution in [0, 0.1) is 5.82 Å². The van der Waals surface area contributed by atoms with Crippen LogP contribution in [-0.4, -0.2) is 31.0 Å². The number of methoxy groups -OCH3 is 1. The Morgan fingerprint density at radius 1 is 1.27 bits per heavy atom. The van der Waals surface area contributed by atoms with Crippen LogP contribution in [0.15, 0.2) is 21.3 Å². The highest BCUT2D eigenvalue weighted by Crippen LogP contribution is 2.37. The second-order valence-corrected chi connectivity index (χ2v) is 8.08. The molecule has 0 amide bonds. The van der Waals surface area contributed by atoms with Crippen LogP contribution in [0.1, 0.15) is 38.0 Å². The van der Waals surface area contributed by atoms with Crippen molar-refractivity contribution in [2.24, 2.45) is 0 Å². The van der Waals surface area contributed by atoms with Crippen molar-refractivity contribution >= 4 is 23.2 Å². The minimum Gasteiger partial charge on any atom is -0.410 e. The van der Waals surface area contributed by atoms with Crippen LogP contribution < -0.4 is 5.76 Å². The number of oxazole rings is 1. The Morgan fingerprint density at radius 2 is 1.96 bits per heavy atom. The predicted octanol–water partition coefficient (Wildman–Crippen LogP) is 4.30. The quantitative estimate of drug-likeness (QED) is 0.766. The molecule has 1 aliphatic heterocycles. The molecule has 0 N–H and O–H groups in total. The number of halogens is 3. The Balaban J connectivity index is 2.17. The molecular weight excluding hydrogens is 384 g/mol. The van der Waals surface area contributed by atoms with E-state index in [-0.39, 0.29) is 27.9 Å². The number of ether oxygens (including phenoxy) is 2. The fraction of sp³-hybridized carbons (Fsp3) is 0.500. The number of hydrogen-bond donors (Lipinski definition) is 0. The minimum atomic E-state index is -0.752. The van der Waals surface area contributed by atoms with Crippen molar-refractivity contribution in [2.75, 3.05) is 20.3 Å². The first-order valence-electron chi connectivity index (χ1n) is 8.16. The summed E-state index contributed by atoms with van der Waals surface area (Å²) in [6, 6.07) is 2.68. The van der Waals surface area contributed by atoms with E-state index in [1.165, 1.54) is 12.1 Å². The zero-order valence-corrected chi connectivity index (χ0v) is 16.4. The van der Waals surface area contributed by atoms with E-state index in [0.29, 0.717) is 24.5 Å². The Morgan fingerprint density at radius 3 is 2.54 bits per heavy atom. The summed E-state index contributed by atoms with van der Waals surface area (Å²) in [6.45, 7) is 6.37. The first-order valence-corrected chi connectivity index (χ1v) is 8.92. The molecule has 26 heavy (non-hydrogen) atoms. The van der Waals surface area contributed by atoms with E-state index in [0.717, 1.165) is 4.57 Å². The van der Waals surface area contributed by atoms with Gasteiger partial charge in [-0.15, -0.1) is 0 Å². The van der Waals surface area contributed by atoms with Gasteiger partial charge in [-0.2, -0.15) is 0 Å². The van der Waals surface area contributed by atoms with Crippen molar-refractivity contribution in [1.29, 1.82) is 0 Å². The summed E-state index contributed by atoms with van der Waals surface area (Å²) in [4.78, 5) is 12.4. The van der Waals surface area contributed by atoms with Gasteiger partial charge in [-0.25, -0.2) is 13.8 Å². The smallest absolute Gasteiger partial charge is 0.410 e. The van der Waals surface area contributed by atoms with Crippen LogP contribution in [0.3, 0.4) is 0 Å². The van der Waals surface area contributed by atoms with Gasteiger partial charge in [0.05, 0.1) is 25.0 Å². The third-order valence-corrected chi connectivity index (χ3v) is 5.14. The van der Waals surface area contributed by atoms with E-state index in [2.05, 4.69) is 0 Å². The standard InChI is InChI=1S/C18H20Cl2FNO4/c1-18(2,3)15-16(20)22(17(23)26-15)13-5-9(11(19)6-12(13)21)10-7-25-8-14(10)24-4/h5-6,10,14H,7-8H2,1-4H3. The molecule has 2 aromatic rings. The third kappa shape index (κ3) is 3.31. The van der Waals surface area contributed by atoms with E-state index in [9.17, 15) is 9.18 Å². The fourth-order valence-electron chi connectivity index (χ4n) is 3.09. The second-order valence-electron chi connectivity index (χ2n) is 7.32. The van der Waals surface area contributed by atoms with E-state index in [1.54, 1.807) is 7.11 Å². The van der Waals surface area contributed by atoms with Crippen molar-refractivity contribution in [1.82, 2.24) is 4.57 Å². The molecule has 1 fully saturated rings. The third-order valence-electron chi connectivity index (χ3n) is 4.47. The van der Waals surface area contributed by atoms with E-state index < -0.39 is 17.0 Å². The van der Waals surface area contributed by atoms with E-state index in [4.69, 9.17) is 37.1 Å². The van der Waals surface area contributed by atoms with Gasteiger partial charge in [0.1, 0.15) is 5.82 Å². The van der Waals surface area contributed by atoms with Crippen molar-refractivity contribution in [3.63, 3.8) is 0 Å². The van der Waals surface area contributed by atoms with Crippen molar-refractivity contribution < 1.29 is 18.3 Å². The maximum Gasteiger partial charge on any atom is 0.425 e. The lowest BCUT2D eigenvalue weighted by Crippen LogP contribution is -2.20. The van der Waals surface area contributed by atoms with Gasteiger partial charge in [-0.3, -0.25) is 0 Å². The van der Waals surface area contributed by atoms with E-state index >= 15 is 0 Å². The highest BCUT2D eigenvalue weighted by Gasteiger charge is 2.33. The van der Waals surface area contributed by atoms with Crippen LogP contribution in [0.4, 0.5) is 4.39 Å². The average molecular weight is 404 g/mol. The van der Waals surface area contributed by atoms with Crippen LogP contribution >= 0.6 is 23.2 Å². The Kier molecular flexibility index (Phi) is 5.23. The Hall–Kier alpha value is -1.34. The van der Waals surface area contributed by atoms with Crippen molar-refractivity contribution in [2.45, 2.75) is 38.2 Å². The summed E-state index contributed by atoms with van der Waals surface area (Å²) in [6.07, 6.45) is -0.201. The lowest BCUT2D eigenvalue weighted by Gasteiger charge is -2.19. The van der Waals surface area contributed by atoms with Crippen LogP contribution in [0.2, 0.25) is 10.2 Å². The maximum atomic E-state index is 14.6. The molecule has 0 bridgehead atoms. The van der Waals surface area contributed by atoms with Gasteiger partial charge in [0, 0.05) is 23.5 Å². The molecule has 0 radical (unpaired) electrons. The molecule has 1 aromatic carbocycles. The summed E-state index contributed by atoms with van der Waals surface area (Å²) in [5.74, 6) is -1.30. The number of rotatable bonds is 3. The molecule has 142 valence electrons. The normalized spacial score (nSPS) is 20.7.